The number of nitro benzene ring substituents is 1. The molecule has 0 atom stereocenters. The summed E-state index contributed by atoms with van der Waals surface area (Å²) in [4.78, 5) is 10.5. The lowest BCUT2D eigenvalue weighted by Crippen LogP contribution is -1.92. The van der Waals surface area contributed by atoms with E-state index in [2.05, 4.69) is 6.07 Å². The van der Waals surface area contributed by atoms with Gasteiger partial charge in [0.1, 0.15) is 0 Å². The molecular formula is C11H8NO2. The zero-order chi connectivity index (χ0) is 10.1. The molecule has 3 nitrogen and oxygen atoms in total. The third-order valence-electron chi connectivity index (χ3n) is 2.20. The molecule has 0 N–H and O–H groups in total. The molecule has 0 bridgehead atoms. The van der Waals surface area contributed by atoms with Crippen molar-refractivity contribution in [3.63, 3.8) is 0 Å². The van der Waals surface area contributed by atoms with E-state index in [4.69, 9.17) is 0 Å². The number of rotatable bonds is 1. The summed E-state index contributed by atoms with van der Waals surface area (Å²) < 4.78 is 0. The molecule has 0 fully saturated rings. The van der Waals surface area contributed by atoms with E-state index in [0.29, 0.717) is 10.9 Å². The smallest absolute Gasteiger partial charge is 0.258 e. The average Bonchev–Trinajstić information content (AvgIpc) is 2.17. The molecule has 2 aromatic carbocycles. The quantitative estimate of drug-likeness (QED) is 0.507. The molecule has 0 aliphatic rings. The number of hydrogen-bond donors (Lipinski definition) is 0. The first-order valence-electron chi connectivity index (χ1n) is 4.24. The van der Waals surface area contributed by atoms with Gasteiger partial charge in [-0.1, -0.05) is 24.3 Å². The van der Waals surface area contributed by atoms with E-state index in [9.17, 15) is 10.1 Å². The summed E-state index contributed by atoms with van der Waals surface area (Å²) in [6.45, 7) is 1.74. The molecule has 0 saturated heterocycles. The Balaban J connectivity index is 2.90. The zero-order valence-corrected chi connectivity index (χ0v) is 7.65. The summed E-state index contributed by atoms with van der Waals surface area (Å²) in [7, 11) is 0. The molecule has 0 unspecified atom stereocenters. The topological polar surface area (TPSA) is 43.1 Å². The number of benzene rings is 2. The third kappa shape index (κ3) is 1.23. The van der Waals surface area contributed by atoms with Crippen LogP contribution in [-0.2, 0) is 0 Å². The maximum Gasteiger partial charge on any atom is 0.280 e. The SMILES string of the molecule is Cc1ccc2[c]cccc2c1[N+](=O)[O-]. The highest BCUT2D eigenvalue weighted by Crippen LogP contribution is 2.28. The monoisotopic (exact) mass is 186 g/mol. The van der Waals surface area contributed by atoms with Crippen LogP contribution in [-0.4, -0.2) is 4.92 Å². The molecular weight excluding hydrogens is 178 g/mol. The summed E-state index contributed by atoms with van der Waals surface area (Å²) in [6.07, 6.45) is 0. The molecule has 0 aromatic heterocycles. The van der Waals surface area contributed by atoms with Gasteiger partial charge in [0, 0.05) is 5.56 Å². The molecule has 0 heterocycles. The highest BCUT2D eigenvalue weighted by atomic mass is 16.6. The Labute approximate surface area is 81.1 Å². The zero-order valence-electron chi connectivity index (χ0n) is 7.65. The third-order valence-corrected chi connectivity index (χ3v) is 2.20. The fourth-order valence-electron chi connectivity index (χ4n) is 1.54. The molecule has 0 amide bonds. The molecule has 0 saturated carbocycles. The van der Waals surface area contributed by atoms with E-state index in [1.54, 1.807) is 31.2 Å². The molecule has 2 aromatic rings. The fourth-order valence-corrected chi connectivity index (χ4v) is 1.54. The number of hydrogen-bond acceptors (Lipinski definition) is 2. The van der Waals surface area contributed by atoms with Crippen LogP contribution in [0.2, 0.25) is 0 Å². The van der Waals surface area contributed by atoms with Crippen molar-refractivity contribution in [3.8, 4) is 0 Å². The minimum Gasteiger partial charge on any atom is -0.258 e. The van der Waals surface area contributed by atoms with E-state index in [1.807, 2.05) is 6.07 Å². The van der Waals surface area contributed by atoms with Gasteiger partial charge in [0.05, 0.1) is 10.3 Å². The van der Waals surface area contributed by atoms with Gasteiger partial charge < -0.3 is 0 Å². The van der Waals surface area contributed by atoms with Crippen LogP contribution in [0.5, 0.6) is 0 Å². The lowest BCUT2D eigenvalue weighted by atomic mass is 10.1. The van der Waals surface area contributed by atoms with Crippen molar-refractivity contribution in [2.75, 3.05) is 0 Å². The van der Waals surface area contributed by atoms with Crippen LogP contribution in [0.4, 0.5) is 5.69 Å². The van der Waals surface area contributed by atoms with E-state index in [1.165, 1.54) is 0 Å². The summed E-state index contributed by atoms with van der Waals surface area (Å²) in [5.41, 5.74) is 0.862. The second-order valence-electron chi connectivity index (χ2n) is 3.12. The van der Waals surface area contributed by atoms with Gasteiger partial charge in [-0.15, -0.1) is 0 Å². The van der Waals surface area contributed by atoms with Gasteiger partial charge in [0.15, 0.2) is 0 Å². The lowest BCUT2D eigenvalue weighted by Gasteiger charge is -2.01. The van der Waals surface area contributed by atoms with Crippen LogP contribution in [0.25, 0.3) is 10.8 Å². The molecule has 3 heteroatoms. The van der Waals surface area contributed by atoms with Gasteiger partial charge in [0.25, 0.3) is 5.69 Å². The van der Waals surface area contributed by atoms with Crippen LogP contribution >= 0.6 is 0 Å². The highest BCUT2D eigenvalue weighted by Gasteiger charge is 2.14. The van der Waals surface area contributed by atoms with Crippen molar-refractivity contribution < 1.29 is 4.92 Å². The van der Waals surface area contributed by atoms with E-state index in [-0.39, 0.29) is 10.6 Å². The lowest BCUT2D eigenvalue weighted by molar-refractivity contribution is -0.383. The fraction of sp³-hybridized carbons (Fsp3) is 0.0909. The first-order chi connectivity index (χ1) is 6.70. The molecule has 14 heavy (non-hydrogen) atoms. The average molecular weight is 186 g/mol. The van der Waals surface area contributed by atoms with Gasteiger partial charge in [-0.05, 0) is 24.4 Å². The summed E-state index contributed by atoms with van der Waals surface area (Å²) >= 11 is 0. The van der Waals surface area contributed by atoms with Crippen molar-refractivity contribution in [2.24, 2.45) is 0 Å². The van der Waals surface area contributed by atoms with Gasteiger partial charge in [-0.25, -0.2) is 0 Å². The van der Waals surface area contributed by atoms with Crippen molar-refractivity contribution in [2.45, 2.75) is 6.92 Å². The molecule has 2 rings (SSSR count). The molecule has 69 valence electrons. The largest absolute Gasteiger partial charge is 0.280 e. The Morgan fingerprint density at radius 2 is 2.14 bits per heavy atom. The minimum atomic E-state index is -0.342. The maximum absolute atomic E-state index is 10.8. The molecule has 0 aliphatic heterocycles. The Morgan fingerprint density at radius 1 is 1.36 bits per heavy atom. The summed E-state index contributed by atoms with van der Waals surface area (Å²) in [5, 5.41) is 12.3. The van der Waals surface area contributed by atoms with Crippen molar-refractivity contribution in [3.05, 3.63) is 52.1 Å². The van der Waals surface area contributed by atoms with Crippen LogP contribution < -0.4 is 0 Å². The van der Waals surface area contributed by atoms with Gasteiger partial charge in [0.2, 0.25) is 0 Å². The van der Waals surface area contributed by atoms with Crippen molar-refractivity contribution in [1.29, 1.82) is 0 Å². The molecule has 1 radical (unpaired) electrons. The predicted molar refractivity (Wildman–Crippen MR) is 54.2 cm³/mol. The van der Waals surface area contributed by atoms with Crippen LogP contribution in [0.1, 0.15) is 5.56 Å². The number of fused-ring (bicyclic) bond motifs is 1. The molecule has 0 spiro atoms. The normalized spacial score (nSPS) is 10.4. The van der Waals surface area contributed by atoms with E-state index in [0.717, 1.165) is 5.39 Å². The second kappa shape index (κ2) is 3.10. The number of nitrogens with zero attached hydrogens (tertiary/aromatic N) is 1. The van der Waals surface area contributed by atoms with Crippen LogP contribution in [0.15, 0.2) is 30.3 Å². The second-order valence-corrected chi connectivity index (χ2v) is 3.12. The Kier molecular flexibility index (Phi) is 1.93. The summed E-state index contributed by atoms with van der Waals surface area (Å²) in [6, 6.07) is 11.8. The van der Waals surface area contributed by atoms with Gasteiger partial charge in [-0.2, -0.15) is 0 Å². The van der Waals surface area contributed by atoms with Crippen molar-refractivity contribution >= 4 is 16.5 Å². The maximum atomic E-state index is 10.8. The van der Waals surface area contributed by atoms with Gasteiger partial charge in [-0.3, -0.25) is 10.1 Å². The van der Waals surface area contributed by atoms with Crippen molar-refractivity contribution in [1.82, 2.24) is 0 Å². The Bertz CT molecular complexity index is 506. The summed E-state index contributed by atoms with van der Waals surface area (Å²) in [5.74, 6) is 0. The number of nitro groups is 1. The predicted octanol–water partition coefficient (Wildman–Crippen LogP) is 2.86. The Morgan fingerprint density at radius 3 is 2.86 bits per heavy atom. The van der Waals surface area contributed by atoms with E-state index >= 15 is 0 Å². The Hall–Kier alpha value is -1.90. The van der Waals surface area contributed by atoms with Gasteiger partial charge >= 0.3 is 0 Å². The number of aryl methyl sites for hydroxylation is 1. The van der Waals surface area contributed by atoms with Crippen LogP contribution in [0.3, 0.4) is 0 Å². The first-order valence-corrected chi connectivity index (χ1v) is 4.24. The minimum absolute atomic E-state index is 0.180. The molecule has 0 aliphatic carbocycles. The standard InChI is InChI=1S/C11H8NO2/c1-8-6-7-9-4-2-3-5-10(9)11(8)12(13)14/h2-3,5-7H,1H3. The van der Waals surface area contributed by atoms with E-state index < -0.39 is 0 Å². The highest BCUT2D eigenvalue weighted by molar-refractivity contribution is 5.91. The first kappa shape index (κ1) is 8.69. The van der Waals surface area contributed by atoms with Crippen LogP contribution in [0, 0.1) is 23.1 Å².